The van der Waals surface area contributed by atoms with Crippen LogP contribution in [-0.2, 0) is 11.2 Å². The summed E-state index contributed by atoms with van der Waals surface area (Å²) in [5, 5.41) is 0. The average molecular weight is 323 g/mol. The van der Waals surface area contributed by atoms with E-state index in [9.17, 15) is 4.79 Å². The molecule has 126 valence electrons. The van der Waals surface area contributed by atoms with Gasteiger partial charge in [-0.1, -0.05) is 24.3 Å². The van der Waals surface area contributed by atoms with Crippen LogP contribution >= 0.6 is 0 Å². The number of para-hydroxylation sites is 1. The first kappa shape index (κ1) is 16.5. The molecule has 1 aliphatic rings. The Kier molecular flexibility index (Phi) is 5.14. The SMILES string of the molecule is Cc1ccccc1N1CCN(C(=O)CCc2cccnc2)[C@H](C)C1. The Morgan fingerprint density at radius 3 is 2.75 bits per heavy atom. The Hall–Kier alpha value is -2.36. The van der Waals surface area contributed by atoms with Crippen LogP contribution in [-0.4, -0.2) is 41.5 Å². The lowest BCUT2D eigenvalue weighted by Crippen LogP contribution is -2.54. The van der Waals surface area contributed by atoms with Crippen molar-refractivity contribution in [1.29, 1.82) is 0 Å². The van der Waals surface area contributed by atoms with Crippen LogP contribution in [0.3, 0.4) is 0 Å². The first-order chi connectivity index (χ1) is 11.6. The summed E-state index contributed by atoms with van der Waals surface area (Å²) in [6.45, 7) is 6.87. The van der Waals surface area contributed by atoms with Gasteiger partial charge in [0, 0.05) is 50.2 Å². The third-order valence-electron chi connectivity index (χ3n) is 4.75. The lowest BCUT2D eigenvalue weighted by atomic mass is 10.1. The summed E-state index contributed by atoms with van der Waals surface area (Å²) in [7, 11) is 0. The summed E-state index contributed by atoms with van der Waals surface area (Å²) in [6.07, 6.45) is 4.92. The van der Waals surface area contributed by atoms with Gasteiger partial charge in [0.15, 0.2) is 0 Å². The largest absolute Gasteiger partial charge is 0.367 e. The third kappa shape index (κ3) is 3.75. The number of hydrogen-bond donors (Lipinski definition) is 0. The van der Waals surface area contributed by atoms with Gasteiger partial charge in [0.1, 0.15) is 0 Å². The van der Waals surface area contributed by atoms with Crippen molar-refractivity contribution in [2.45, 2.75) is 32.7 Å². The van der Waals surface area contributed by atoms with E-state index < -0.39 is 0 Å². The molecule has 0 bridgehead atoms. The molecule has 1 amide bonds. The van der Waals surface area contributed by atoms with Crippen molar-refractivity contribution >= 4 is 11.6 Å². The van der Waals surface area contributed by atoms with E-state index in [1.807, 2.05) is 23.2 Å². The fourth-order valence-corrected chi connectivity index (χ4v) is 3.41. The van der Waals surface area contributed by atoms with Crippen LogP contribution in [0.1, 0.15) is 24.5 Å². The second-order valence-corrected chi connectivity index (χ2v) is 6.53. The molecular formula is C20H25N3O. The quantitative estimate of drug-likeness (QED) is 0.868. The van der Waals surface area contributed by atoms with Gasteiger partial charge in [0.05, 0.1) is 0 Å². The Morgan fingerprint density at radius 2 is 2.04 bits per heavy atom. The van der Waals surface area contributed by atoms with Crippen molar-refractivity contribution in [2.75, 3.05) is 24.5 Å². The molecule has 1 aromatic heterocycles. The lowest BCUT2D eigenvalue weighted by Gasteiger charge is -2.41. The monoisotopic (exact) mass is 323 g/mol. The zero-order valence-corrected chi connectivity index (χ0v) is 14.5. The lowest BCUT2D eigenvalue weighted by molar-refractivity contribution is -0.133. The molecule has 1 fully saturated rings. The van der Waals surface area contributed by atoms with Crippen molar-refractivity contribution in [3.8, 4) is 0 Å². The molecule has 2 aromatic rings. The highest BCUT2D eigenvalue weighted by Gasteiger charge is 2.27. The molecule has 0 aliphatic carbocycles. The Morgan fingerprint density at radius 1 is 1.21 bits per heavy atom. The zero-order valence-electron chi connectivity index (χ0n) is 14.5. The second kappa shape index (κ2) is 7.47. The minimum Gasteiger partial charge on any atom is -0.367 e. The van der Waals surface area contributed by atoms with Crippen molar-refractivity contribution in [3.63, 3.8) is 0 Å². The van der Waals surface area contributed by atoms with E-state index in [1.54, 1.807) is 6.20 Å². The number of amides is 1. The molecule has 4 nitrogen and oxygen atoms in total. The van der Waals surface area contributed by atoms with Gasteiger partial charge in [-0.05, 0) is 43.5 Å². The number of benzene rings is 1. The molecule has 1 aromatic carbocycles. The van der Waals surface area contributed by atoms with Crippen LogP contribution in [0.15, 0.2) is 48.8 Å². The number of piperazine rings is 1. The summed E-state index contributed by atoms with van der Waals surface area (Å²) in [5.41, 5.74) is 3.70. The summed E-state index contributed by atoms with van der Waals surface area (Å²) in [4.78, 5) is 21.1. The first-order valence-electron chi connectivity index (χ1n) is 8.64. The molecule has 2 heterocycles. The Labute approximate surface area is 144 Å². The second-order valence-electron chi connectivity index (χ2n) is 6.53. The molecule has 0 radical (unpaired) electrons. The molecule has 4 heteroatoms. The predicted molar refractivity (Wildman–Crippen MR) is 97.1 cm³/mol. The molecule has 0 unspecified atom stereocenters. The molecule has 24 heavy (non-hydrogen) atoms. The molecule has 1 atom stereocenters. The van der Waals surface area contributed by atoms with Crippen LogP contribution in [0, 0.1) is 6.92 Å². The predicted octanol–water partition coefficient (Wildman–Crippen LogP) is 3.06. The minimum absolute atomic E-state index is 0.236. The number of pyridine rings is 1. The number of carbonyl (C=O) groups excluding carboxylic acids is 1. The van der Waals surface area contributed by atoms with Crippen molar-refractivity contribution in [3.05, 3.63) is 59.9 Å². The van der Waals surface area contributed by atoms with E-state index in [0.717, 1.165) is 31.6 Å². The van der Waals surface area contributed by atoms with Crippen molar-refractivity contribution in [1.82, 2.24) is 9.88 Å². The molecule has 0 spiro atoms. The minimum atomic E-state index is 0.236. The van der Waals surface area contributed by atoms with Crippen LogP contribution in [0.25, 0.3) is 0 Å². The molecule has 1 saturated heterocycles. The van der Waals surface area contributed by atoms with Gasteiger partial charge in [0.25, 0.3) is 0 Å². The summed E-state index contributed by atoms with van der Waals surface area (Å²) >= 11 is 0. The van der Waals surface area contributed by atoms with E-state index in [2.05, 4.69) is 48.0 Å². The number of rotatable bonds is 4. The van der Waals surface area contributed by atoms with E-state index in [-0.39, 0.29) is 11.9 Å². The maximum atomic E-state index is 12.6. The maximum absolute atomic E-state index is 12.6. The van der Waals surface area contributed by atoms with Gasteiger partial charge in [-0.2, -0.15) is 0 Å². The smallest absolute Gasteiger partial charge is 0.223 e. The van der Waals surface area contributed by atoms with Gasteiger partial charge < -0.3 is 9.80 Å². The molecule has 0 N–H and O–H groups in total. The molecule has 3 rings (SSSR count). The average Bonchev–Trinajstić information content (AvgIpc) is 2.61. The highest BCUT2D eigenvalue weighted by atomic mass is 16.2. The van der Waals surface area contributed by atoms with Crippen molar-refractivity contribution in [2.24, 2.45) is 0 Å². The number of anilines is 1. The fraction of sp³-hybridized carbons (Fsp3) is 0.400. The summed E-state index contributed by atoms with van der Waals surface area (Å²) < 4.78 is 0. The Bertz CT molecular complexity index is 686. The Balaban J connectivity index is 1.57. The normalized spacial score (nSPS) is 17.8. The highest BCUT2D eigenvalue weighted by molar-refractivity contribution is 5.77. The molecule has 1 aliphatic heterocycles. The zero-order chi connectivity index (χ0) is 16.9. The van der Waals surface area contributed by atoms with E-state index in [0.29, 0.717) is 6.42 Å². The van der Waals surface area contributed by atoms with Gasteiger partial charge in [-0.15, -0.1) is 0 Å². The highest BCUT2D eigenvalue weighted by Crippen LogP contribution is 2.23. The number of nitrogens with zero attached hydrogens (tertiary/aromatic N) is 3. The van der Waals surface area contributed by atoms with E-state index in [1.165, 1.54) is 11.3 Å². The van der Waals surface area contributed by atoms with Gasteiger partial charge in [-0.25, -0.2) is 0 Å². The van der Waals surface area contributed by atoms with Crippen LogP contribution in [0.2, 0.25) is 0 Å². The van der Waals surface area contributed by atoms with Gasteiger partial charge in [0.2, 0.25) is 5.91 Å². The molecule has 0 saturated carbocycles. The standard InChI is InChI=1S/C20H25N3O/c1-16-6-3-4-8-19(16)22-12-13-23(17(2)15-22)20(24)10-9-18-7-5-11-21-14-18/h3-8,11,14,17H,9-10,12-13,15H2,1-2H3/t17-/m1/s1. The topological polar surface area (TPSA) is 36.4 Å². The molecular weight excluding hydrogens is 298 g/mol. The fourth-order valence-electron chi connectivity index (χ4n) is 3.41. The van der Waals surface area contributed by atoms with Gasteiger partial charge >= 0.3 is 0 Å². The summed E-state index contributed by atoms with van der Waals surface area (Å²) in [6, 6.07) is 12.6. The number of aryl methyl sites for hydroxylation is 2. The van der Waals surface area contributed by atoms with Crippen molar-refractivity contribution < 1.29 is 4.79 Å². The number of aromatic nitrogens is 1. The number of carbonyl (C=O) groups is 1. The number of hydrogen-bond acceptors (Lipinski definition) is 3. The third-order valence-corrected chi connectivity index (χ3v) is 4.75. The first-order valence-corrected chi connectivity index (χ1v) is 8.64. The van der Waals surface area contributed by atoms with E-state index in [4.69, 9.17) is 0 Å². The maximum Gasteiger partial charge on any atom is 0.223 e. The summed E-state index contributed by atoms with van der Waals surface area (Å²) in [5.74, 6) is 0.246. The van der Waals surface area contributed by atoms with Crippen LogP contribution in [0.5, 0.6) is 0 Å². The van der Waals surface area contributed by atoms with Crippen LogP contribution < -0.4 is 4.90 Å². The van der Waals surface area contributed by atoms with Gasteiger partial charge in [-0.3, -0.25) is 9.78 Å². The van der Waals surface area contributed by atoms with Crippen LogP contribution in [0.4, 0.5) is 5.69 Å². The van der Waals surface area contributed by atoms with E-state index >= 15 is 0 Å².